The first kappa shape index (κ1) is 18.9. The molecule has 0 fully saturated rings. The topological polar surface area (TPSA) is 41.4 Å². The molecule has 140 valence electrons. The molecule has 0 saturated carbocycles. The minimum atomic E-state index is 0.0142. The Morgan fingerprint density at radius 1 is 0.963 bits per heavy atom. The molecule has 1 amide bonds. The summed E-state index contributed by atoms with van der Waals surface area (Å²) in [4.78, 5) is 17.3. The van der Waals surface area contributed by atoms with Crippen molar-refractivity contribution in [1.82, 2.24) is 19.6 Å². The summed E-state index contributed by atoms with van der Waals surface area (Å²) < 4.78 is 1.82. The van der Waals surface area contributed by atoms with Crippen LogP contribution in [0.2, 0.25) is 0 Å². The lowest BCUT2D eigenvalue weighted by atomic mass is 10.1. The summed E-state index contributed by atoms with van der Waals surface area (Å²) >= 11 is 0. The molecule has 3 aromatic rings. The quantitative estimate of drug-likeness (QED) is 0.647. The van der Waals surface area contributed by atoms with Crippen molar-refractivity contribution < 1.29 is 4.79 Å². The zero-order valence-corrected chi connectivity index (χ0v) is 16.2. The minimum Gasteiger partial charge on any atom is -0.333 e. The van der Waals surface area contributed by atoms with Gasteiger partial charge < -0.3 is 9.80 Å². The van der Waals surface area contributed by atoms with Gasteiger partial charge in [-0.2, -0.15) is 5.10 Å². The van der Waals surface area contributed by atoms with Gasteiger partial charge in [-0.05, 0) is 38.7 Å². The Morgan fingerprint density at radius 2 is 1.59 bits per heavy atom. The molecule has 0 aliphatic heterocycles. The van der Waals surface area contributed by atoms with Gasteiger partial charge in [0, 0.05) is 19.6 Å². The second kappa shape index (κ2) is 8.64. The van der Waals surface area contributed by atoms with Crippen LogP contribution in [0.5, 0.6) is 0 Å². The van der Waals surface area contributed by atoms with Crippen LogP contribution in [0.25, 0.3) is 5.69 Å². The fourth-order valence-corrected chi connectivity index (χ4v) is 3.00. The third-order valence-corrected chi connectivity index (χ3v) is 4.56. The molecule has 0 saturated heterocycles. The Balaban J connectivity index is 1.86. The van der Waals surface area contributed by atoms with Crippen molar-refractivity contribution in [2.24, 2.45) is 0 Å². The molecule has 0 bridgehead atoms. The number of nitrogens with zero attached hydrogens (tertiary/aromatic N) is 4. The summed E-state index contributed by atoms with van der Waals surface area (Å²) in [5, 5.41) is 4.45. The number of hydrogen-bond acceptors (Lipinski definition) is 3. The normalized spacial score (nSPS) is 11.0. The minimum absolute atomic E-state index is 0.0142. The van der Waals surface area contributed by atoms with E-state index in [0.29, 0.717) is 18.7 Å². The summed E-state index contributed by atoms with van der Waals surface area (Å²) in [5.74, 6) is 0.0142. The molecule has 0 spiro atoms. The molecule has 0 aliphatic rings. The van der Waals surface area contributed by atoms with E-state index < -0.39 is 0 Å². The largest absolute Gasteiger partial charge is 0.333 e. The van der Waals surface area contributed by atoms with E-state index in [1.54, 1.807) is 6.20 Å². The van der Waals surface area contributed by atoms with E-state index in [4.69, 9.17) is 0 Å². The summed E-state index contributed by atoms with van der Waals surface area (Å²) in [7, 11) is 4.04. The van der Waals surface area contributed by atoms with E-state index in [1.807, 2.05) is 79.1 Å². The Hall–Kier alpha value is -2.92. The molecule has 0 aliphatic carbocycles. The van der Waals surface area contributed by atoms with Crippen LogP contribution >= 0.6 is 0 Å². The smallest absolute Gasteiger partial charge is 0.257 e. The highest BCUT2D eigenvalue weighted by Gasteiger charge is 2.21. The van der Waals surface area contributed by atoms with Crippen LogP contribution in [0.4, 0.5) is 0 Å². The lowest BCUT2D eigenvalue weighted by Gasteiger charge is -2.24. The first-order valence-electron chi connectivity index (χ1n) is 9.14. The van der Waals surface area contributed by atoms with Crippen LogP contribution in [-0.2, 0) is 6.54 Å². The Bertz CT molecular complexity index is 872. The average molecular weight is 362 g/mol. The van der Waals surface area contributed by atoms with Gasteiger partial charge in [-0.1, -0.05) is 48.5 Å². The molecule has 5 heteroatoms. The van der Waals surface area contributed by atoms with E-state index in [-0.39, 0.29) is 5.91 Å². The van der Waals surface area contributed by atoms with Gasteiger partial charge >= 0.3 is 0 Å². The molecular weight excluding hydrogens is 336 g/mol. The lowest BCUT2D eigenvalue weighted by Crippen LogP contribution is -2.36. The number of hydrogen-bond donors (Lipinski definition) is 0. The molecular formula is C22H26N4O. The van der Waals surface area contributed by atoms with Crippen molar-refractivity contribution in [2.75, 3.05) is 27.2 Å². The van der Waals surface area contributed by atoms with Crippen LogP contribution in [0, 0.1) is 6.92 Å². The molecule has 5 nitrogen and oxygen atoms in total. The van der Waals surface area contributed by atoms with Gasteiger partial charge in [0.2, 0.25) is 0 Å². The van der Waals surface area contributed by atoms with Crippen LogP contribution < -0.4 is 0 Å². The fraction of sp³-hybridized carbons (Fsp3) is 0.273. The second-order valence-electron chi connectivity index (χ2n) is 6.91. The summed E-state index contributed by atoms with van der Waals surface area (Å²) in [6.45, 7) is 4.00. The van der Waals surface area contributed by atoms with E-state index in [1.165, 1.54) is 0 Å². The molecule has 1 aromatic heterocycles. The maximum absolute atomic E-state index is 13.3. The summed E-state index contributed by atoms with van der Waals surface area (Å²) in [6, 6.07) is 20.0. The van der Waals surface area contributed by atoms with Crippen LogP contribution in [0.3, 0.4) is 0 Å². The number of rotatable bonds is 7. The van der Waals surface area contributed by atoms with Crippen molar-refractivity contribution in [2.45, 2.75) is 13.5 Å². The Labute approximate surface area is 160 Å². The molecule has 0 radical (unpaired) electrons. The first-order valence-corrected chi connectivity index (χ1v) is 9.14. The molecule has 0 N–H and O–H groups in total. The maximum atomic E-state index is 13.3. The standard InChI is InChI=1S/C22H26N4O/c1-18-21(16-23-26(18)20-12-8-5-9-13-20)22(27)25(15-14-24(2)3)17-19-10-6-4-7-11-19/h4-13,16H,14-15,17H2,1-3H3. The highest BCUT2D eigenvalue weighted by atomic mass is 16.2. The number of amides is 1. The molecule has 27 heavy (non-hydrogen) atoms. The average Bonchev–Trinajstić information content (AvgIpc) is 3.07. The first-order chi connectivity index (χ1) is 13.1. The highest BCUT2D eigenvalue weighted by Crippen LogP contribution is 2.17. The van der Waals surface area contributed by atoms with Crippen molar-refractivity contribution in [3.8, 4) is 5.69 Å². The van der Waals surface area contributed by atoms with Crippen molar-refractivity contribution in [3.05, 3.63) is 83.7 Å². The fourth-order valence-electron chi connectivity index (χ4n) is 3.00. The van der Waals surface area contributed by atoms with E-state index in [0.717, 1.165) is 23.5 Å². The zero-order valence-electron chi connectivity index (χ0n) is 16.2. The van der Waals surface area contributed by atoms with Crippen LogP contribution in [0.15, 0.2) is 66.9 Å². The SMILES string of the molecule is Cc1c(C(=O)N(CCN(C)C)Cc2ccccc2)cnn1-c1ccccc1. The van der Waals surface area contributed by atoms with Gasteiger partial charge in [0.1, 0.15) is 0 Å². The van der Waals surface area contributed by atoms with Gasteiger partial charge in [-0.25, -0.2) is 4.68 Å². The predicted molar refractivity (Wildman–Crippen MR) is 108 cm³/mol. The van der Waals surface area contributed by atoms with Crippen molar-refractivity contribution in [1.29, 1.82) is 0 Å². The van der Waals surface area contributed by atoms with Gasteiger partial charge in [-0.15, -0.1) is 0 Å². The van der Waals surface area contributed by atoms with Crippen LogP contribution in [-0.4, -0.2) is 52.7 Å². The number of benzene rings is 2. The molecule has 0 unspecified atom stereocenters. The number of carbonyl (C=O) groups is 1. The number of likely N-dealkylation sites (N-methyl/N-ethyl adjacent to an activating group) is 1. The molecule has 0 atom stereocenters. The van der Waals surface area contributed by atoms with Gasteiger partial charge in [0.25, 0.3) is 5.91 Å². The second-order valence-corrected chi connectivity index (χ2v) is 6.91. The lowest BCUT2D eigenvalue weighted by molar-refractivity contribution is 0.0731. The monoisotopic (exact) mass is 362 g/mol. The van der Waals surface area contributed by atoms with E-state index in [9.17, 15) is 4.79 Å². The highest BCUT2D eigenvalue weighted by molar-refractivity contribution is 5.95. The third-order valence-electron chi connectivity index (χ3n) is 4.56. The molecule has 3 rings (SSSR count). The van der Waals surface area contributed by atoms with Gasteiger partial charge in [0.05, 0.1) is 23.1 Å². The van der Waals surface area contributed by atoms with Gasteiger partial charge in [0.15, 0.2) is 0 Å². The van der Waals surface area contributed by atoms with E-state index in [2.05, 4.69) is 22.1 Å². The molecule has 1 heterocycles. The third kappa shape index (κ3) is 4.63. The number of carbonyl (C=O) groups excluding carboxylic acids is 1. The predicted octanol–water partition coefficient (Wildman–Crippen LogP) is 3.38. The molecule has 2 aromatic carbocycles. The van der Waals surface area contributed by atoms with Gasteiger partial charge in [-0.3, -0.25) is 4.79 Å². The van der Waals surface area contributed by atoms with Crippen molar-refractivity contribution in [3.63, 3.8) is 0 Å². The van der Waals surface area contributed by atoms with E-state index >= 15 is 0 Å². The zero-order chi connectivity index (χ0) is 19.2. The number of aromatic nitrogens is 2. The van der Waals surface area contributed by atoms with Crippen molar-refractivity contribution >= 4 is 5.91 Å². The Kier molecular flexibility index (Phi) is 6.04. The summed E-state index contributed by atoms with van der Waals surface area (Å²) in [5.41, 5.74) is 3.58. The maximum Gasteiger partial charge on any atom is 0.257 e. The summed E-state index contributed by atoms with van der Waals surface area (Å²) in [6.07, 6.45) is 1.68. The number of para-hydroxylation sites is 1. The van der Waals surface area contributed by atoms with Crippen LogP contribution in [0.1, 0.15) is 21.6 Å². The Morgan fingerprint density at radius 3 is 2.22 bits per heavy atom.